The molecule has 1 N–H and O–H groups in total. The van der Waals surface area contributed by atoms with E-state index in [4.69, 9.17) is 16.3 Å². The number of carbonyl (C=O) groups excluding carboxylic acids is 1. The smallest absolute Gasteiger partial charge is 0.334 e. The van der Waals surface area contributed by atoms with Crippen molar-refractivity contribution in [1.82, 2.24) is 4.98 Å². The van der Waals surface area contributed by atoms with Crippen LogP contribution in [-0.4, -0.2) is 18.1 Å². The number of methoxy groups -OCH3 is 1. The van der Waals surface area contributed by atoms with Crippen LogP contribution in [0.3, 0.4) is 0 Å². The van der Waals surface area contributed by atoms with Gasteiger partial charge in [-0.1, -0.05) is 23.7 Å². The largest absolute Gasteiger partial charge is 0.467 e. The van der Waals surface area contributed by atoms with E-state index in [-0.39, 0.29) is 0 Å². The van der Waals surface area contributed by atoms with Gasteiger partial charge in [0.25, 0.3) is 0 Å². The second kappa shape index (κ2) is 6.04. The van der Waals surface area contributed by atoms with Crippen LogP contribution in [0, 0.1) is 6.92 Å². The van der Waals surface area contributed by atoms with Gasteiger partial charge in [-0.25, -0.2) is 9.78 Å². The summed E-state index contributed by atoms with van der Waals surface area (Å²) in [5, 5.41) is 6.34. The van der Waals surface area contributed by atoms with Crippen LogP contribution in [0.2, 0.25) is 5.02 Å². The van der Waals surface area contributed by atoms with Crippen LogP contribution in [0.1, 0.15) is 16.7 Å². The lowest BCUT2D eigenvalue weighted by atomic mass is 10.2. The van der Waals surface area contributed by atoms with E-state index in [1.165, 1.54) is 18.4 Å². The molecule has 0 saturated carbocycles. The lowest BCUT2D eigenvalue weighted by Gasteiger charge is -2.16. The Bertz CT molecular complexity index is 586. The molecule has 0 spiro atoms. The molecule has 0 saturated heterocycles. The number of benzene rings is 1. The Morgan fingerprint density at radius 1 is 1.47 bits per heavy atom. The highest BCUT2D eigenvalue weighted by Crippen LogP contribution is 2.27. The van der Waals surface area contributed by atoms with Gasteiger partial charge in [-0.3, -0.25) is 0 Å². The summed E-state index contributed by atoms with van der Waals surface area (Å²) in [6.45, 7) is 1.89. The van der Waals surface area contributed by atoms with Crippen molar-refractivity contribution in [3.63, 3.8) is 0 Å². The Balaban J connectivity index is 2.29. The minimum Gasteiger partial charge on any atom is -0.467 e. The van der Waals surface area contributed by atoms with E-state index in [0.29, 0.717) is 16.4 Å². The number of esters is 1. The lowest BCUT2D eigenvalue weighted by Crippen LogP contribution is -2.22. The van der Waals surface area contributed by atoms with Crippen LogP contribution in [0.5, 0.6) is 0 Å². The summed E-state index contributed by atoms with van der Waals surface area (Å²) in [5.74, 6) is -0.398. The van der Waals surface area contributed by atoms with Crippen LogP contribution >= 0.6 is 22.9 Å². The van der Waals surface area contributed by atoms with Gasteiger partial charge in [-0.15, -0.1) is 11.3 Å². The summed E-state index contributed by atoms with van der Waals surface area (Å²) in [7, 11) is 1.35. The third-order valence-electron chi connectivity index (χ3n) is 2.54. The third kappa shape index (κ3) is 3.24. The first-order valence-corrected chi connectivity index (χ1v) is 6.88. The van der Waals surface area contributed by atoms with E-state index >= 15 is 0 Å². The van der Waals surface area contributed by atoms with Gasteiger partial charge in [-0.2, -0.15) is 0 Å². The molecule has 19 heavy (non-hydrogen) atoms. The van der Waals surface area contributed by atoms with E-state index in [0.717, 1.165) is 5.01 Å². The Morgan fingerprint density at radius 2 is 2.21 bits per heavy atom. The molecule has 0 aliphatic heterocycles. The number of aromatic nitrogens is 1. The number of carbonyl (C=O) groups is 1. The summed E-state index contributed by atoms with van der Waals surface area (Å²) in [6.07, 6.45) is 0. The molecule has 0 amide bonds. The highest BCUT2D eigenvalue weighted by molar-refractivity contribution is 7.09. The average molecular weight is 297 g/mol. The molecular weight excluding hydrogens is 284 g/mol. The molecule has 1 heterocycles. The van der Waals surface area contributed by atoms with E-state index in [9.17, 15) is 4.79 Å². The standard InChI is InChI=1S/C13H13ClN2O2S/c1-8-15-11(7-19-8)12(13(17)18-2)16-10-6-4-3-5-9(10)14/h3-7,12,16H,1-2H3. The Labute approximate surface area is 120 Å². The van der Waals surface area contributed by atoms with Gasteiger partial charge in [0, 0.05) is 5.38 Å². The number of anilines is 1. The van der Waals surface area contributed by atoms with Gasteiger partial charge in [-0.05, 0) is 19.1 Å². The van der Waals surface area contributed by atoms with Gasteiger partial charge in [0.2, 0.25) is 0 Å². The van der Waals surface area contributed by atoms with E-state index in [1.54, 1.807) is 12.1 Å². The molecule has 2 rings (SSSR count). The van der Waals surface area contributed by atoms with Crippen LogP contribution in [0.15, 0.2) is 29.6 Å². The Hall–Kier alpha value is -1.59. The average Bonchev–Trinajstić information content (AvgIpc) is 2.83. The molecule has 1 aromatic heterocycles. The van der Waals surface area contributed by atoms with Gasteiger partial charge in [0.1, 0.15) is 0 Å². The van der Waals surface area contributed by atoms with E-state index in [2.05, 4.69) is 10.3 Å². The van der Waals surface area contributed by atoms with Gasteiger partial charge in [0.05, 0.1) is 28.5 Å². The fraction of sp³-hybridized carbons (Fsp3) is 0.231. The maximum absolute atomic E-state index is 11.9. The summed E-state index contributed by atoms with van der Waals surface area (Å²) < 4.78 is 4.81. The zero-order chi connectivity index (χ0) is 13.8. The Kier molecular flexibility index (Phi) is 4.39. The van der Waals surface area contributed by atoms with Crippen LogP contribution in [-0.2, 0) is 9.53 Å². The molecular formula is C13H13ClN2O2S. The first-order chi connectivity index (χ1) is 9.11. The molecule has 0 aliphatic rings. The number of rotatable bonds is 4. The second-order valence-electron chi connectivity index (χ2n) is 3.87. The highest BCUT2D eigenvalue weighted by atomic mass is 35.5. The molecule has 1 aromatic carbocycles. The summed E-state index contributed by atoms with van der Waals surface area (Å²) in [6, 6.07) is 6.57. The number of thiazole rings is 1. The van der Waals surface area contributed by atoms with Crippen LogP contribution < -0.4 is 5.32 Å². The molecule has 100 valence electrons. The molecule has 0 radical (unpaired) electrons. The van der Waals surface area contributed by atoms with Crippen molar-refractivity contribution >= 4 is 34.6 Å². The first-order valence-electron chi connectivity index (χ1n) is 5.62. The maximum Gasteiger partial charge on any atom is 0.334 e. The second-order valence-corrected chi connectivity index (χ2v) is 5.34. The van der Waals surface area contributed by atoms with Gasteiger partial charge in [0.15, 0.2) is 6.04 Å². The zero-order valence-electron chi connectivity index (χ0n) is 10.5. The predicted molar refractivity (Wildman–Crippen MR) is 76.7 cm³/mol. The van der Waals surface area contributed by atoms with Crippen molar-refractivity contribution in [1.29, 1.82) is 0 Å². The maximum atomic E-state index is 11.9. The summed E-state index contributed by atoms with van der Waals surface area (Å²) >= 11 is 7.56. The molecule has 4 nitrogen and oxygen atoms in total. The van der Waals surface area contributed by atoms with Crippen LogP contribution in [0.4, 0.5) is 5.69 Å². The quantitative estimate of drug-likeness (QED) is 0.878. The minimum atomic E-state index is -0.658. The number of hydrogen-bond acceptors (Lipinski definition) is 5. The molecule has 1 atom stereocenters. The van der Waals surface area contributed by atoms with Crippen molar-refractivity contribution in [2.24, 2.45) is 0 Å². The highest BCUT2D eigenvalue weighted by Gasteiger charge is 2.24. The first kappa shape index (κ1) is 13.8. The van der Waals surface area contributed by atoms with Crippen LogP contribution in [0.25, 0.3) is 0 Å². The molecule has 2 aromatic rings. The molecule has 0 fully saturated rings. The van der Waals surface area contributed by atoms with Gasteiger partial charge < -0.3 is 10.1 Å². The summed E-state index contributed by atoms with van der Waals surface area (Å²) in [4.78, 5) is 16.2. The predicted octanol–water partition coefficient (Wildman–Crippen LogP) is 3.43. The molecule has 0 aliphatic carbocycles. The number of aryl methyl sites for hydroxylation is 1. The van der Waals surface area contributed by atoms with Crippen molar-refractivity contribution < 1.29 is 9.53 Å². The van der Waals surface area contributed by atoms with Crippen molar-refractivity contribution in [3.05, 3.63) is 45.4 Å². The zero-order valence-corrected chi connectivity index (χ0v) is 12.1. The lowest BCUT2D eigenvalue weighted by molar-refractivity contribution is -0.141. The third-order valence-corrected chi connectivity index (χ3v) is 3.66. The number of nitrogens with zero attached hydrogens (tertiary/aromatic N) is 1. The number of halogens is 1. The monoisotopic (exact) mass is 296 g/mol. The molecule has 6 heteroatoms. The van der Waals surface area contributed by atoms with Crippen molar-refractivity contribution in [3.8, 4) is 0 Å². The topological polar surface area (TPSA) is 51.2 Å². The van der Waals surface area contributed by atoms with Crippen molar-refractivity contribution in [2.45, 2.75) is 13.0 Å². The van der Waals surface area contributed by atoms with E-state index < -0.39 is 12.0 Å². The van der Waals surface area contributed by atoms with Gasteiger partial charge >= 0.3 is 5.97 Å². The number of nitrogens with one attached hydrogen (secondary N) is 1. The van der Waals surface area contributed by atoms with Crippen molar-refractivity contribution in [2.75, 3.05) is 12.4 Å². The summed E-state index contributed by atoms with van der Waals surface area (Å²) in [5.41, 5.74) is 1.31. The fourth-order valence-electron chi connectivity index (χ4n) is 1.62. The molecule has 0 bridgehead atoms. The number of para-hydroxylation sites is 1. The number of hydrogen-bond donors (Lipinski definition) is 1. The van der Waals surface area contributed by atoms with E-state index in [1.807, 2.05) is 24.4 Å². The molecule has 1 unspecified atom stereocenters. The SMILES string of the molecule is COC(=O)C(Nc1ccccc1Cl)c1csc(C)n1. The number of ether oxygens (including phenoxy) is 1. The normalized spacial score (nSPS) is 11.9. The fourth-order valence-corrected chi connectivity index (χ4v) is 2.45. The Morgan fingerprint density at radius 3 is 2.79 bits per heavy atom. The minimum absolute atomic E-state index is 0.398.